The largest absolute Gasteiger partial charge is 0.344 e. The molecule has 1 aliphatic rings. The van der Waals surface area contributed by atoms with Gasteiger partial charge in [0.25, 0.3) is 0 Å². The van der Waals surface area contributed by atoms with Gasteiger partial charge in [0.2, 0.25) is 0 Å². The van der Waals surface area contributed by atoms with E-state index in [9.17, 15) is 4.79 Å². The highest BCUT2D eigenvalue weighted by molar-refractivity contribution is 7.99. The number of rotatable bonds is 5. The number of nitrogens with one attached hydrogen (secondary N) is 1. The molecule has 0 aromatic carbocycles. The third kappa shape index (κ3) is 2.48. The predicted molar refractivity (Wildman–Crippen MR) is 69.8 cm³/mol. The Kier molecular flexibility index (Phi) is 3.19. The Morgan fingerprint density at radius 2 is 2.17 bits per heavy atom. The van der Waals surface area contributed by atoms with E-state index in [2.05, 4.69) is 15.2 Å². The molecular formula is C12H14N4OS. The SMILES string of the molecule is O=c1[nH]nc(SCCc2ccncc2)n1C1CC1. The molecular weight excluding hydrogens is 248 g/mol. The summed E-state index contributed by atoms with van der Waals surface area (Å²) in [5.41, 5.74) is 1.18. The van der Waals surface area contributed by atoms with E-state index in [-0.39, 0.29) is 5.69 Å². The van der Waals surface area contributed by atoms with E-state index in [1.54, 1.807) is 28.7 Å². The lowest BCUT2D eigenvalue weighted by Gasteiger charge is -2.03. The average molecular weight is 262 g/mol. The van der Waals surface area contributed by atoms with Gasteiger partial charge in [-0.1, -0.05) is 11.8 Å². The quantitative estimate of drug-likeness (QED) is 0.832. The summed E-state index contributed by atoms with van der Waals surface area (Å²) < 4.78 is 1.79. The molecule has 5 nitrogen and oxygen atoms in total. The van der Waals surface area contributed by atoms with Crippen molar-refractivity contribution in [2.75, 3.05) is 5.75 Å². The lowest BCUT2D eigenvalue weighted by atomic mass is 10.2. The molecule has 1 fully saturated rings. The van der Waals surface area contributed by atoms with Crippen molar-refractivity contribution in [3.05, 3.63) is 40.6 Å². The number of aromatic nitrogens is 4. The third-order valence-electron chi connectivity index (χ3n) is 2.96. The monoisotopic (exact) mass is 262 g/mol. The van der Waals surface area contributed by atoms with E-state index >= 15 is 0 Å². The molecule has 0 radical (unpaired) electrons. The first-order valence-electron chi connectivity index (χ1n) is 6.03. The first-order chi connectivity index (χ1) is 8.84. The van der Waals surface area contributed by atoms with Crippen molar-refractivity contribution >= 4 is 11.8 Å². The summed E-state index contributed by atoms with van der Waals surface area (Å²) in [5, 5.41) is 7.43. The minimum absolute atomic E-state index is 0.0797. The van der Waals surface area contributed by atoms with Crippen LogP contribution in [0.3, 0.4) is 0 Å². The summed E-state index contributed by atoms with van der Waals surface area (Å²) in [6.45, 7) is 0. The zero-order valence-electron chi connectivity index (χ0n) is 9.87. The van der Waals surface area contributed by atoms with Crippen LogP contribution in [0.2, 0.25) is 0 Å². The predicted octanol–water partition coefficient (Wildman–Crippen LogP) is 1.64. The van der Waals surface area contributed by atoms with Crippen LogP contribution in [0, 0.1) is 0 Å². The fourth-order valence-electron chi connectivity index (χ4n) is 1.86. The molecule has 1 saturated carbocycles. The van der Waals surface area contributed by atoms with Gasteiger partial charge < -0.3 is 0 Å². The minimum Gasteiger partial charge on any atom is -0.267 e. The van der Waals surface area contributed by atoms with Crippen LogP contribution in [0.5, 0.6) is 0 Å². The second-order valence-corrected chi connectivity index (χ2v) is 5.43. The average Bonchev–Trinajstić information content (AvgIpc) is 3.16. The van der Waals surface area contributed by atoms with Crippen LogP contribution in [0.25, 0.3) is 0 Å². The summed E-state index contributed by atoms with van der Waals surface area (Å²) in [6.07, 6.45) is 6.75. The molecule has 2 aromatic heterocycles. The van der Waals surface area contributed by atoms with Gasteiger partial charge in [-0.25, -0.2) is 9.89 Å². The van der Waals surface area contributed by atoms with Gasteiger partial charge in [0.05, 0.1) is 0 Å². The highest BCUT2D eigenvalue weighted by atomic mass is 32.2. The Hall–Kier alpha value is -1.56. The molecule has 0 saturated heterocycles. The van der Waals surface area contributed by atoms with Crippen molar-refractivity contribution in [1.29, 1.82) is 0 Å². The number of hydrogen-bond acceptors (Lipinski definition) is 4. The first kappa shape index (κ1) is 11.5. The fourth-order valence-corrected chi connectivity index (χ4v) is 2.86. The highest BCUT2D eigenvalue weighted by Gasteiger charge is 2.28. The number of nitrogens with zero attached hydrogens (tertiary/aromatic N) is 3. The zero-order valence-corrected chi connectivity index (χ0v) is 10.7. The molecule has 0 atom stereocenters. The fraction of sp³-hybridized carbons (Fsp3) is 0.417. The van der Waals surface area contributed by atoms with E-state index in [1.165, 1.54) is 5.56 Å². The van der Waals surface area contributed by atoms with Crippen LogP contribution in [-0.2, 0) is 6.42 Å². The molecule has 6 heteroatoms. The number of thioether (sulfide) groups is 1. The Morgan fingerprint density at radius 3 is 2.89 bits per heavy atom. The molecule has 3 rings (SSSR count). The van der Waals surface area contributed by atoms with E-state index in [0.717, 1.165) is 30.2 Å². The van der Waals surface area contributed by atoms with Crippen LogP contribution >= 0.6 is 11.8 Å². The molecule has 94 valence electrons. The Bertz CT molecular complexity index is 573. The van der Waals surface area contributed by atoms with Gasteiger partial charge in [0, 0.05) is 24.2 Å². The molecule has 0 spiro atoms. The number of aromatic amines is 1. The van der Waals surface area contributed by atoms with Crippen molar-refractivity contribution in [1.82, 2.24) is 19.7 Å². The summed E-state index contributed by atoms with van der Waals surface area (Å²) >= 11 is 1.63. The van der Waals surface area contributed by atoms with E-state index < -0.39 is 0 Å². The summed E-state index contributed by atoms with van der Waals surface area (Å²) in [4.78, 5) is 15.6. The van der Waals surface area contributed by atoms with Crippen LogP contribution in [0.4, 0.5) is 0 Å². The van der Waals surface area contributed by atoms with Gasteiger partial charge in [-0.05, 0) is 37.0 Å². The molecule has 0 amide bonds. The van der Waals surface area contributed by atoms with Gasteiger partial charge in [-0.2, -0.15) is 0 Å². The molecule has 18 heavy (non-hydrogen) atoms. The van der Waals surface area contributed by atoms with Crippen LogP contribution in [0.1, 0.15) is 24.4 Å². The molecule has 1 N–H and O–H groups in total. The lowest BCUT2D eigenvalue weighted by Crippen LogP contribution is -2.16. The number of aryl methyl sites for hydroxylation is 1. The van der Waals surface area contributed by atoms with Gasteiger partial charge in [-0.3, -0.25) is 9.55 Å². The number of H-pyrrole nitrogens is 1. The topological polar surface area (TPSA) is 63.6 Å². The standard InChI is InChI=1S/C12H14N4OS/c17-11-14-15-12(16(11)10-1-2-10)18-8-5-9-3-6-13-7-4-9/h3-4,6-7,10H,1-2,5,8H2,(H,14,17). The molecule has 2 aromatic rings. The van der Waals surface area contributed by atoms with Crippen molar-refractivity contribution in [3.8, 4) is 0 Å². The Labute approximate surface area is 109 Å². The normalized spacial score (nSPS) is 14.9. The number of hydrogen-bond donors (Lipinski definition) is 1. The maximum Gasteiger partial charge on any atom is 0.344 e. The third-order valence-corrected chi connectivity index (χ3v) is 3.91. The maximum atomic E-state index is 11.6. The van der Waals surface area contributed by atoms with E-state index in [1.807, 2.05) is 12.1 Å². The molecule has 0 bridgehead atoms. The molecule has 1 aliphatic carbocycles. The van der Waals surface area contributed by atoms with Crippen molar-refractivity contribution in [3.63, 3.8) is 0 Å². The Morgan fingerprint density at radius 1 is 1.39 bits per heavy atom. The van der Waals surface area contributed by atoms with Gasteiger partial charge in [-0.15, -0.1) is 5.10 Å². The van der Waals surface area contributed by atoms with E-state index in [0.29, 0.717) is 6.04 Å². The van der Waals surface area contributed by atoms with E-state index in [4.69, 9.17) is 0 Å². The summed E-state index contributed by atoms with van der Waals surface area (Å²) in [5.74, 6) is 0.918. The zero-order chi connectivity index (χ0) is 12.4. The first-order valence-corrected chi connectivity index (χ1v) is 7.02. The van der Waals surface area contributed by atoms with Gasteiger partial charge >= 0.3 is 5.69 Å². The molecule has 0 aliphatic heterocycles. The maximum absolute atomic E-state index is 11.6. The van der Waals surface area contributed by atoms with Crippen LogP contribution in [0.15, 0.2) is 34.5 Å². The highest BCUT2D eigenvalue weighted by Crippen LogP contribution is 2.36. The Balaban J connectivity index is 1.62. The summed E-state index contributed by atoms with van der Waals surface area (Å²) in [6, 6.07) is 4.40. The van der Waals surface area contributed by atoms with Gasteiger partial charge in [0.1, 0.15) is 0 Å². The van der Waals surface area contributed by atoms with Crippen molar-refractivity contribution < 1.29 is 0 Å². The number of pyridine rings is 1. The molecule has 2 heterocycles. The van der Waals surface area contributed by atoms with Crippen molar-refractivity contribution in [2.24, 2.45) is 0 Å². The minimum atomic E-state index is -0.0797. The second-order valence-electron chi connectivity index (χ2n) is 4.37. The second kappa shape index (κ2) is 4.97. The summed E-state index contributed by atoms with van der Waals surface area (Å²) in [7, 11) is 0. The molecule has 0 unspecified atom stereocenters. The van der Waals surface area contributed by atoms with Crippen molar-refractivity contribution in [2.45, 2.75) is 30.5 Å². The van der Waals surface area contributed by atoms with Crippen LogP contribution in [-0.4, -0.2) is 25.5 Å². The lowest BCUT2D eigenvalue weighted by molar-refractivity contribution is 0.642. The smallest absolute Gasteiger partial charge is 0.267 e. The van der Waals surface area contributed by atoms with Crippen LogP contribution < -0.4 is 5.69 Å². The van der Waals surface area contributed by atoms with Gasteiger partial charge in [0.15, 0.2) is 5.16 Å².